The van der Waals surface area contributed by atoms with Crippen LogP contribution in [-0.2, 0) is 12.3 Å². The maximum Gasteiger partial charge on any atom is 0.138 e. The van der Waals surface area contributed by atoms with Gasteiger partial charge in [-0.05, 0) is 33.2 Å². The molecule has 0 atom stereocenters. The van der Waals surface area contributed by atoms with Crippen molar-refractivity contribution < 1.29 is 0 Å². The third kappa shape index (κ3) is 4.18. The highest BCUT2D eigenvalue weighted by molar-refractivity contribution is 7.99. The van der Waals surface area contributed by atoms with E-state index in [4.69, 9.17) is 0 Å². The van der Waals surface area contributed by atoms with E-state index in [-0.39, 0.29) is 0 Å². The summed E-state index contributed by atoms with van der Waals surface area (Å²) in [5.74, 6) is 1.97. The summed E-state index contributed by atoms with van der Waals surface area (Å²) < 4.78 is 0. The van der Waals surface area contributed by atoms with Gasteiger partial charge in [0.1, 0.15) is 5.82 Å². The number of nitrogens with zero attached hydrogens (tertiary/aromatic N) is 2. The molecule has 1 saturated carbocycles. The molecule has 1 N–H and O–H groups in total. The molecule has 0 saturated heterocycles. The molecule has 1 aromatic rings. The van der Waals surface area contributed by atoms with Crippen molar-refractivity contribution in [2.75, 3.05) is 6.54 Å². The minimum atomic E-state index is 0.839. The number of aryl methyl sites for hydroxylation is 2. The van der Waals surface area contributed by atoms with Gasteiger partial charge in [0, 0.05) is 28.7 Å². The second-order valence-electron chi connectivity index (χ2n) is 5.29. The molecule has 0 spiro atoms. The molecule has 4 heteroatoms. The van der Waals surface area contributed by atoms with Gasteiger partial charge in [-0.2, -0.15) is 11.8 Å². The first-order chi connectivity index (χ1) is 9.20. The highest BCUT2D eigenvalue weighted by Crippen LogP contribution is 2.31. The number of nitrogens with one attached hydrogen (secondary N) is 1. The van der Waals surface area contributed by atoms with Crippen LogP contribution in [0, 0.1) is 13.8 Å². The van der Waals surface area contributed by atoms with Crippen molar-refractivity contribution in [1.29, 1.82) is 0 Å². The minimum absolute atomic E-state index is 0.839. The van der Waals surface area contributed by atoms with E-state index in [1.54, 1.807) is 0 Å². The molecule has 106 valence electrons. The Balaban J connectivity index is 1.97. The van der Waals surface area contributed by atoms with Crippen molar-refractivity contribution in [2.24, 2.45) is 0 Å². The first kappa shape index (κ1) is 14.8. The zero-order valence-corrected chi connectivity index (χ0v) is 13.1. The summed E-state index contributed by atoms with van der Waals surface area (Å²) in [6.07, 6.45) is 5.55. The molecule has 1 aliphatic carbocycles. The molecule has 1 aromatic heterocycles. The third-order valence-electron chi connectivity index (χ3n) is 3.77. The van der Waals surface area contributed by atoms with E-state index < -0.39 is 0 Å². The van der Waals surface area contributed by atoms with Crippen LogP contribution in [0.2, 0.25) is 0 Å². The quantitative estimate of drug-likeness (QED) is 0.866. The normalized spacial score (nSPS) is 16.2. The Kier molecular flexibility index (Phi) is 5.64. The summed E-state index contributed by atoms with van der Waals surface area (Å²) in [5.41, 5.74) is 3.53. The van der Waals surface area contributed by atoms with Crippen LogP contribution in [0.5, 0.6) is 0 Å². The van der Waals surface area contributed by atoms with Gasteiger partial charge in [-0.3, -0.25) is 0 Å². The molecule has 0 amide bonds. The van der Waals surface area contributed by atoms with Gasteiger partial charge in [0.2, 0.25) is 0 Å². The number of hydrogen-bond acceptors (Lipinski definition) is 4. The number of rotatable bonds is 6. The summed E-state index contributed by atoms with van der Waals surface area (Å²) in [6.45, 7) is 8.19. The molecule has 3 nitrogen and oxygen atoms in total. The lowest BCUT2D eigenvalue weighted by molar-refractivity contribution is 0.707. The van der Waals surface area contributed by atoms with Crippen molar-refractivity contribution >= 4 is 11.8 Å². The average molecular weight is 279 g/mol. The van der Waals surface area contributed by atoms with Crippen molar-refractivity contribution in [3.05, 3.63) is 22.8 Å². The standard InChI is InChI=1S/C15H25N3S/c1-4-16-9-14-11(2)17-15(18-12(14)3)10-19-13-7-5-6-8-13/h13,16H,4-10H2,1-3H3. The Labute approximate surface area is 121 Å². The molecule has 1 heterocycles. The SMILES string of the molecule is CCNCc1c(C)nc(CSC2CCCC2)nc1C. The van der Waals surface area contributed by atoms with Gasteiger partial charge >= 0.3 is 0 Å². The maximum atomic E-state index is 4.68. The predicted molar refractivity (Wildman–Crippen MR) is 82.4 cm³/mol. The second kappa shape index (κ2) is 7.25. The van der Waals surface area contributed by atoms with Crippen molar-refractivity contribution in [3.8, 4) is 0 Å². The first-order valence-electron chi connectivity index (χ1n) is 7.36. The first-order valence-corrected chi connectivity index (χ1v) is 8.41. The van der Waals surface area contributed by atoms with Gasteiger partial charge in [0.05, 0.1) is 5.75 Å². The van der Waals surface area contributed by atoms with E-state index in [0.717, 1.165) is 41.3 Å². The van der Waals surface area contributed by atoms with Gasteiger partial charge in [0.25, 0.3) is 0 Å². The Hall–Kier alpha value is -0.610. The number of hydrogen-bond donors (Lipinski definition) is 1. The van der Waals surface area contributed by atoms with Crippen LogP contribution >= 0.6 is 11.8 Å². The largest absolute Gasteiger partial charge is 0.313 e. The zero-order chi connectivity index (χ0) is 13.7. The number of thioether (sulfide) groups is 1. The third-order valence-corrected chi connectivity index (χ3v) is 5.14. The molecule has 1 aliphatic rings. The van der Waals surface area contributed by atoms with Gasteiger partial charge in [-0.15, -0.1) is 0 Å². The van der Waals surface area contributed by atoms with Gasteiger partial charge < -0.3 is 5.32 Å². The minimum Gasteiger partial charge on any atom is -0.313 e. The van der Waals surface area contributed by atoms with Crippen LogP contribution in [0.15, 0.2) is 0 Å². The Bertz CT molecular complexity index is 391. The fourth-order valence-corrected chi connectivity index (χ4v) is 3.81. The molecular formula is C15H25N3S. The lowest BCUT2D eigenvalue weighted by Crippen LogP contribution is -2.16. The topological polar surface area (TPSA) is 37.8 Å². The Morgan fingerprint density at radius 3 is 2.37 bits per heavy atom. The highest BCUT2D eigenvalue weighted by Gasteiger charge is 2.16. The van der Waals surface area contributed by atoms with Gasteiger partial charge in [-0.25, -0.2) is 9.97 Å². The molecule has 0 aliphatic heterocycles. The molecule has 0 radical (unpaired) electrons. The van der Waals surface area contributed by atoms with Crippen LogP contribution in [0.3, 0.4) is 0 Å². The molecule has 1 fully saturated rings. The monoisotopic (exact) mass is 279 g/mol. The van der Waals surface area contributed by atoms with E-state index in [0.29, 0.717) is 0 Å². The summed E-state index contributed by atoms with van der Waals surface area (Å²) in [5, 5.41) is 4.20. The van der Waals surface area contributed by atoms with E-state index in [1.165, 1.54) is 31.2 Å². The van der Waals surface area contributed by atoms with E-state index in [9.17, 15) is 0 Å². The molecule has 0 aromatic carbocycles. The van der Waals surface area contributed by atoms with E-state index >= 15 is 0 Å². The second-order valence-corrected chi connectivity index (χ2v) is 6.58. The maximum absolute atomic E-state index is 4.68. The smallest absolute Gasteiger partial charge is 0.138 e. The molecule has 0 bridgehead atoms. The van der Waals surface area contributed by atoms with Gasteiger partial charge in [0.15, 0.2) is 0 Å². The van der Waals surface area contributed by atoms with Crippen LogP contribution in [0.1, 0.15) is 55.4 Å². The molecule has 19 heavy (non-hydrogen) atoms. The summed E-state index contributed by atoms with van der Waals surface area (Å²) in [7, 11) is 0. The van der Waals surface area contributed by atoms with E-state index in [2.05, 4.69) is 36.1 Å². The van der Waals surface area contributed by atoms with Crippen molar-refractivity contribution in [2.45, 2.75) is 64.0 Å². The van der Waals surface area contributed by atoms with Crippen molar-refractivity contribution in [3.63, 3.8) is 0 Å². The van der Waals surface area contributed by atoms with Crippen LogP contribution in [0.25, 0.3) is 0 Å². The van der Waals surface area contributed by atoms with Crippen LogP contribution < -0.4 is 5.32 Å². The van der Waals surface area contributed by atoms with E-state index in [1.807, 2.05) is 11.8 Å². The van der Waals surface area contributed by atoms with Crippen molar-refractivity contribution in [1.82, 2.24) is 15.3 Å². The fraction of sp³-hybridized carbons (Fsp3) is 0.733. The lowest BCUT2D eigenvalue weighted by Gasteiger charge is -2.12. The fourth-order valence-electron chi connectivity index (χ4n) is 2.63. The Morgan fingerprint density at radius 1 is 1.16 bits per heavy atom. The molecule has 0 unspecified atom stereocenters. The molecule has 2 rings (SSSR count). The van der Waals surface area contributed by atoms with Crippen LogP contribution in [0.4, 0.5) is 0 Å². The summed E-state index contributed by atoms with van der Waals surface area (Å²) >= 11 is 2.04. The molecular weight excluding hydrogens is 254 g/mol. The highest BCUT2D eigenvalue weighted by atomic mass is 32.2. The predicted octanol–water partition coefficient (Wildman–Crippen LogP) is 3.38. The summed E-state index contributed by atoms with van der Waals surface area (Å²) in [4.78, 5) is 9.35. The van der Waals surface area contributed by atoms with Crippen LogP contribution in [-0.4, -0.2) is 21.8 Å². The average Bonchev–Trinajstić information content (AvgIpc) is 2.88. The van der Waals surface area contributed by atoms with Gasteiger partial charge in [-0.1, -0.05) is 19.8 Å². The Morgan fingerprint density at radius 2 is 1.79 bits per heavy atom. The zero-order valence-electron chi connectivity index (χ0n) is 12.3. The lowest BCUT2D eigenvalue weighted by atomic mass is 10.1. The number of aromatic nitrogens is 2. The summed E-state index contributed by atoms with van der Waals surface area (Å²) in [6, 6.07) is 0.